The fourth-order valence-electron chi connectivity index (χ4n) is 4.84. The molecular weight excluding hydrogens is 437 g/mol. The van der Waals surface area contributed by atoms with Crippen LogP contribution in [-0.4, -0.2) is 25.6 Å². The van der Waals surface area contributed by atoms with Gasteiger partial charge in [-0.15, -0.1) is 0 Å². The van der Waals surface area contributed by atoms with Gasteiger partial charge in [0.05, 0.1) is 23.1 Å². The molecule has 0 spiro atoms. The number of aromatic amines is 1. The molecule has 0 atom stereocenters. The average Bonchev–Trinajstić information content (AvgIpc) is 3.52. The SMILES string of the molecule is CC(C)C1=Nc2c(c3ccc(-c4ccc(-c5cnc(C(C)C)[nH]5)c(F)c4)cc3c3nccnc23)C1. The van der Waals surface area contributed by atoms with E-state index in [0.717, 1.165) is 50.9 Å². The molecular formula is C29H26FN5. The Bertz CT molecular complexity index is 1640. The van der Waals surface area contributed by atoms with Crippen molar-refractivity contribution in [3.05, 3.63) is 72.2 Å². The van der Waals surface area contributed by atoms with Gasteiger partial charge in [0.15, 0.2) is 0 Å². The number of nitrogens with zero attached hydrogens (tertiary/aromatic N) is 4. The zero-order valence-electron chi connectivity index (χ0n) is 20.2. The number of H-pyrrole nitrogens is 1. The van der Waals surface area contributed by atoms with E-state index in [1.54, 1.807) is 24.7 Å². The second-order valence-corrected chi connectivity index (χ2v) is 9.81. The Kier molecular flexibility index (Phi) is 4.99. The van der Waals surface area contributed by atoms with Crippen molar-refractivity contribution in [1.82, 2.24) is 19.9 Å². The zero-order valence-corrected chi connectivity index (χ0v) is 20.2. The van der Waals surface area contributed by atoms with Crippen molar-refractivity contribution in [1.29, 1.82) is 0 Å². The molecule has 3 heterocycles. The van der Waals surface area contributed by atoms with Crippen molar-refractivity contribution in [3.8, 4) is 22.4 Å². The molecule has 0 amide bonds. The van der Waals surface area contributed by atoms with E-state index in [4.69, 9.17) is 4.99 Å². The van der Waals surface area contributed by atoms with E-state index < -0.39 is 0 Å². The molecule has 5 aromatic rings. The van der Waals surface area contributed by atoms with Gasteiger partial charge < -0.3 is 4.98 Å². The summed E-state index contributed by atoms with van der Waals surface area (Å²) >= 11 is 0. The molecule has 0 radical (unpaired) electrons. The van der Waals surface area contributed by atoms with Gasteiger partial charge >= 0.3 is 0 Å². The summed E-state index contributed by atoms with van der Waals surface area (Å²) in [6, 6.07) is 11.6. The highest BCUT2D eigenvalue weighted by atomic mass is 19.1. The number of hydrogen-bond donors (Lipinski definition) is 1. The van der Waals surface area contributed by atoms with Crippen LogP contribution in [0.1, 0.15) is 45.0 Å². The summed E-state index contributed by atoms with van der Waals surface area (Å²) in [6.45, 7) is 8.45. The molecule has 0 aliphatic carbocycles. The molecule has 0 fully saturated rings. The van der Waals surface area contributed by atoms with Gasteiger partial charge in [0, 0.05) is 41.4 Å². The summed E-state index contributed by atoms with van der Waals surface area (Å²) in [5.74, 6) is 1.19. The molecule has 5 nitrogen and oxygen atoms in total. The predicted octanol–water partition coefficient (Wildman–Crippen LogP) is 7.39. The van der Waals surface area contributed by atoms with Gasteiger partial charge in [-0.25, -0.2) is 9.37 Å². The summed E-state index contributed by atoms with van der Waals surface area (Å²) in [5.41, 5.74) is 7.91. The van der Waals surface area contributed by atoms with Crippen LogP contribution in [0.5, 0.6) is 0 Å². The van der Waals surface area contributed by atoms with E-state index in [0.29, 0.717) is 17.2 Å². The highest BCUT2D eigenvalue weighted by Crippen LogP contribution is 2.42. The van der Waals surface area contributed by atoms with Crippen molar-refractivity contribution in [2.45, 2.75) is 40.0 Å². The second-order valence-electron chi connectivity index (χ2n) is 9.81. The Balaban J connectivity index is 1.47. The first-order valence-electron chi connectivity index (χ1n) is 12.0. The highest BCUT2D eigenvalue weighted by Gasteiger charge is 2.24. The lowest BCUT2D eigenvalue weighted by Crippen LogP contribution is -2.06. The molecule has 0 saturated carbocycles. The van der Waals surface area contributed by atoms with Gasteiger partial charge in [0.2, 0.25) is 0 Å². The first-order chi connectivity index (χ1) is 16.9. The van der Waals surface area contributed by atoms with Crippen LogP contribution < -0.4 is 0 Å². The minimum atomic E-state index is -0.282. The summed E-state index contributed by atoms with van der Waals surface area (Å²) in [7, 11) is 0. The van der Waals surface area contributed by atoms with E-state index in [1.165, 1.54) is 11.3 Å². The van der Waals surface area contributed by atoms with Crippen LogP contribution in [0.4, 0.5) is 10.1 Å². The van der Waals surface area contributed by atoms with Gasteiger partial charge in [-0.2, -0.15) is 0 Å². The van der Waals surface area contributed by atoms with Gasteiger partial charge in [0.25, 0.3) is 0 Å². The molecule has 0 saturated heterocycles. The molecule has 0 unspecified atom stereocenters. The standard InChI is InChI=1S/C29H26FN5/c1-15(2)24-13-22-19-7-5-17(11-21(19)26-28(27(22)34-24)32-10-9-31-26)18-6-8-20(23(30)12-18)25-14-33-29(35-25)16(3)4/h5-12,14-16H,13H2,1-4H3,(H,33,35). The topological polar surface area (TPSA) is 66.8 Å². The Morgan fingerprint density at radius 3 is 2.29 bits per heavy atom. The molecule has 1 N–H and O–H groups in total. The van der Waals surface area contributed by atoms with Crippen LogP contribution in [0.2, 0.25) is 0 Å². The van der Waals surface area contributed by atoms with E-state index in [-0.39, 0.29) is 11.7 Å². The molecule has 1 aliphatic rings. The third kappa shape index (κ3) is 3.52. The van der Waals surface area contributed by atoms with Gasteiger partial charge in [-0.1, -0.05) is 45.9 Å². The van der Waals surface area contributed by atoms with Gasteiger partial charge in [-0.05, 0) is 46.2 Å². The molecule has 35 heavy (non-hydrogen) atoms. The van der Waals surface area contributed by atoms with Crippen molar-refractivity contribution in [2.24, 2.45) is 10.9 Å². The summed E-state index contributed by atoms with van der Waals surface area (Å²) in [5, 5.41) is 2.15. The monoisotopic (exact) mass is 463 g/mol. The van der Waals surface area contributed by atoms with Crippen LogP contribution in [0.15, 0.2) is 60.0 Å². The summed E-state index contributed by atoms with van der Waals surface area (Å²) in [6.07, 6.45) is 5.95. The maximum Gasteiger partial charge on any atom is 0.133 e. The minimum absolute atomic E-state index is 0.255. The maximum absolute atomic E-state index is 15.2. The van der Waals surface area contributed by atoms with E-state index >= 15 is 4.39 Å². The smallest absolute Gasteiger partial charge is 0.133 e. The third-order valence-corrected chi connectivity index (χ3v) is 6.82. The van der Waals surface area contributed by atoms with Crippen molar-refractivity contribution in [3.63, 3.8) is 0 Å². The number of nitrogens with one attached hydrogen (secondary N) is 1. The van der Waals surface area contributed by atoms with Crippen molar-refractivity contribution < 1.29 is 4.39 Å². The lowest BCUT2D eigenvalue weighted by Gasteiger charge is -2.12. The Morgan fingerprint density at radius 1 is 0.829 bits per heavy atom. The molecule has 6 heteroatoms. The fraction of sp³-hybridized carbons (Fsp3) is 0.241. The lowest BCUT2D eigenvalue weighted by molar-refractivity contribution is 0.631. The molecule has 1 aliphatic heterocycles. The Hall–Kier alpha value is -3.93. The van der Waals surface area contributed by atoms with Crippen LogP contribution in [0.25, 0.3) is 44.2 Å². The molecule has 2 aromatic heterocycles. The zero-order chi connectivity index (χ0) is 24.3. The summed E-state index contributed by atoms with van der Waals surface area (Å²) in [4.78, 5) is 21.8. The van der Waals surface area contributed by atoms with E-state index in [1.807, 2.05) is 12.1 Å². The normalized spacial score (nSPS) is 13.3. The van der Waals surface area contributed by atoms with Crippen LogP contribution in [-0.2, 0) is 6.42 Å². The first-order valence-corrected chi connectivity index (χ1v) is 12.0. The molecule has 3 aromatic carbocycles. The summed E-state index contributed by atoms with van der Waals surface area (Å²) < 4.78 is 15.2. The number of rotatable bonds is 4. The second kappa shape index (κ2) is 8.08. The number of imidazole rings is 1. The number of aliphatic imine (C=N–C) groups is 1. The fourth-order valence-corrected chi connectivity index (χ4v) is 4.84. The molecule has 0 bridgehead atoms. The van der Waals surface area contributed by atoms with Crippen LogP contribution >= 0.6 is 0 Å². The predicted molar refractivity (Wildman–Crippen MR) is 140 cm³/mol. The number of benzene rings is 3. The lowest BCUT2D eigenvalue weighted by atomic mass is 9.93. The van der Waals surface area contributed by atoms with Crippen LogP contribution in [0, 0.1) is 11.7 Å². The van der Waals surface area contributed by atoms with Crippen LogP contribution in [0.3, 0.4) is 0 Å². The first kappa shape index (κ1) is 21.6. The number of halogens is 1. The van der Waals surface area contributed by atoms with Gasteiger partial charge in [0.1, 0.15) is 17.2 Å². The number of hydrogen-bond acceptors (Lipinski definition) is 4. The maximum atomic E-state index is 15.2. The third-order valence-electron chi connectivity index (χ3n) is 6.82. The van der Waals surface area contributed by atoms with E-state index in [2.05, 4.69) is 65.8 Å². The molecule has 174 valence electrons. The largest absolute Gasteiger partial charge is 0.342 e. The number of fused-ring (bicyclic) bond motifs is 6. The highest BCUT2D eigenvalue weighted by molar-refractivity contribution is 6.16. The van der Waals surface area contributed by atoms with Gasteiger partial charge in [-0.3, -0.25) is 15.0 Å². The molecule has 6 rings (SSSR count). The average molecular weight is 464 g/mol. The van der Waals surface area contributed by atoms with E-state index in [9.17, 15) is 0 Å². The number of aromatic nitrogens is 4. The Labute approximate surface area is 203 Å². The quantitative estimate of drug-likeness (QED) is 0.283. The minimum Gasteiger partial charge on any atom is -0.342 e. The van der Waals surface area contributed by atoms with Crippen molar-refractivity contribution >= 4 is 33.2 Å². The van der Waals surface area contributed by atoms with Crippen molar-refractivity contribution in [2.75, 3.05) is 0 Å². The Morgan fingerprint density at radius 2 is 1.57 bits per heavy atom.